The number of piperidine rings is 1. The van der Waals surface area contributed by atoms with Gasteiger partial charge in [0.15, 0.2) is 0 Å². The number of nitrogens with zero attached hydrogens (tertiary/aromatic N) is 3. The highest BCUT2D eigenvalue weighted by atomic mass is 32.1. The molecule has 7 heteroatoms. The summed E-state index contributed by atoms with van der Waals surface area (Å²) in [5.41, 5.74) is 1.02. The Morgan fingerprint density at radius 2 is 2.00 bits per heavy atom. The molecule has 0 aliphatic carbocycles. The zero-order valence-corrected chi connectivity index (χ0v) is 18.6. The predicted octanol–water partition coefficient (Wildman–Crippen LogP) is 4.81. The van der Waals surface area contributed by atoms with E-state index in [1.165, 1.54) is 12.1 Å². The van der Waals surface area contributed by atoms with Gasteiger partial charge in [-0.25, -0.2) is 9.37 Å². The van der Waals surface area contributed by atoms with Crippen LogP contribution in [0.15, 0.2) is 29.1 Å². The molecule has 0 saturated carbocycles. The van der Waals surface area contributed by atoms with Crippen molar-refractivity contribution in [1.29, 1.82) is 0 Å². The number of halogens is 1. The fourth-order valence-corrected chi connectivity index (χ4v) is 5.26. The standard InChI is InChI=1S/C23H26FN3O2S/c1-13(2)20-25-21-19(14(3)15(4)30-21)23(29)27(20)16-8-7-11-26(12-16)22(28)17-9-5-6-10-18(17)24/h5-6,9-10,13,16H,7-8,11-12H2,1-4H3/t16-/m0/s1. The smallest absolute Gasteiger partial charge is 0.262 e. The third kappa shape index (κ3) is 3.45. The Hall–Kier alpha value is -2.54. The molecule has 0 spiro atoms. The first-order valence-corrected chi connectivity index (χ1v) is 11.2. The van der Waals surface area contributed by atoms with Gasteiger partial charge in [-0.2, -0.15) is 0 Å². The number of rotatable bonds is 3. The molecule has 1 aliphatic heterocycles. The number of thiophene rings is 1. The van der Waals surface area contributed by atoms with Crippen molar-refractivity contribution in [3.63, 3.8) is 0 Å². The molecule has 5 nitrogen and oxygen atoms in total. The number of hydrogen-bond acceptors (Lipinski definition) is 4. The Bertz CT molecular complexity index is 1180. The van der Waals surface area contributed by atoms with Gasteiger partial charge in [-0.1, -0.05) is 26.0 Å². The van der Waals surface area contributed by atoms with Crippen LogP contribution in [-0.4, -0.2) is 33.4 Å². The molecule has 30 heavy (non-hydrogen) atoms. The van der Waals surface area contributed by atoms with E-state index in [0.29, 0.717) is 18.5 Å². The monoisotopic (exact) mass is 427 g/mol. The summed E-state index contributed by atoms with van der Waals surface area (Å²) in [5, 5.41) is 0.680. The molecule has 0 N–H and O–H groups in total. The predicted molar refractivity (Wildman–Crippen MR) is 118 cm³/mol. The molecule has 0 radical (unpaired) electrons. The van der Waals surface area contributed by atoms with Crippen LogP contribution in [0.1, 0.15) is 65.3 Å². The number of fused-ring (bicyclic) bond motifs is 1. The van der Waals surface area contributed by atoms with Crippen LogP contribution in [-0.2, 0) is 0 Å². The van der Waals surface area contributed by atoms with Crippen LogP contribution in [0.3, 0.4) is 0 Å². The molecule has 158 valence electrons. The highest BCUT2D eigenvalue weighted by Gasteiger charge is 2.30. The number of carbonyl (C=O) groups excluding carboxylic acids is 1. The maximum absolute atomic E-state index is 14.2. The van der Waals surface area contributed by atoms with Crippen LogP contribution < -0.4 is 5.56 Å². The summed E-state index contributed by atoms with van der Waals surface area (Å²) < 4.78 is 16.0. The van der Waals surface area contributed by atoms with E-state index >= 15 is 0 Å². The molecule has 3 aromatic rings. The fourth-order valence-electron chi connectivity index (χ4n) is 4.24. The molecular weight excluding hydrogens is 401 g/mol. The third-order valence-electron chi connectivity index (χ3n) is 5.93. The lowest BCUT2D eigenvalue weighted by Crippen LogP contribution is -2.44. The Balaban J connectivity index is 1.76. The van der Waals surface area contributed by atoms with Crippen LogP contribution >= 0.6 is 11.3 Å². The molecule has 3 heterocycles. The highest BCUT2D eigenvalue weighted by molar-refractivity contribution is 7.18. The Labute approximate surface area is 179 Å². The van der Waals surface area contributed by atoms with Gasteiger partial charge in [0.25, 0.3) is 11.5 Å². The molecule has 1 saturated heterocycles. The normalized spacial score (nSPS) is 17.1. The number of aryl methyl sites for hydroxylation is 2. The molecule has 1 fully saturated rings. The molecule has 1 aromatic carbocycles. The van der Waals surface area contributed by atoms with Gasteiger partial charge in [-0.05, 0) is 44.4 Å². The van der Waals surface area contributed by atoms with Crippen molar-refractivity contribution in [3.05, 3.63) is 62.3 Å². The topological polar surface area (TPSA) is 55.2 Å². The zero-order chi connectivity index (χ0) is 21.6. The minimum Gasteiger partial charge on any atom is -0.336 e. The SMILES string of the molecule is Cc1sc2nc(C(C)C)n([C@H]3CCCN(C(=O)c4ccccc4F)C3)c(=O)c2c1C. The van der Waals surface area contributed by atoms with Crippen molar-refractivity contribution in [2.45, 2.75) is 52.5 Å². The summed E-state index contributed by atoms with van der Waals surface area (Å²) in [4.78, 5) is 34.9. The number of amides is 1. The largest absolute Gasteiger partial charge is 0.336 e. The van der Waals surface area contributed by atoms with Crippen molar-refractivity contribution in [2.24, 2.45) is 0 Å². The average molecular weight is 428 g/mol. The molecule has 1 atom stereocenters. The molecule has 1 aliphatic rings. The lowest BCUT2D eigenvalue weighted by molar-refractivity contribution is 0.0670. The van der Waals surface area contributed by atoms with Crippen molar-refractivity contribution in [3.8, 4) is 0 Å². The van der Waals surface area contributed by atoms with Crippen molar-refractivity contribution in [1.82, 2.24) is 14.5 Å². The zero-order valence-electron chi connectivity index (χ0n) is 17.7. The number of carbonyl (C=O) groups is 1. The van der Waals surface area contributed by atoms with Gasteiger partial charge in [0, 0.05) is 23.9 Å². The van der Waals surface area contributed by atoms with E-state index in [0.717, 1.165) is 33.9 Å². The second kappa shape index (κ2) is 7.95. The van der Waals surface area contributed by atoms with Crippen LogP contribution in [0.25, 0.3) is 10.2 Å². The second-order valence-electron chi connectivity index (χ2n) is 8.29. The molecule has 0 bridgehead atoms. The van der Waals surface area contributed by atoms with Gasteiger partial charge in [0.1, 0.15) is 16.5 Å². The van der Waals surface area contributed by atoms with E-state index in [1.54, 1.807) is 32.9 Å². The summed E-state index contributed by atoms with van der Waals surface area (Å²) in [6, 6.07) is 5.88. The molecule has 1 amide bonds. The fraction of sp³-hybridized carbons (Fsp3) is 0.435. The number of hydrogen-bond donors (Lipinski definition) is 0. The van der Waals surface area contributed by atoms with E-state index in [-0.39, 0.29) is 29.0 Å². The molecular formula is C23H26FN3O2S. The third-order valence-corrected chi connectivity index (χ3v) is 7.03. The Morgan fingerprint density at radius 3 is 2.70 bits per heavy atom. The maximum Gasteiger partial charge on any atom is 0.262 e. The minimum absolute atomic E-state index is 0.0317. The van der Waals surface area contributed by atoms with Gasteiger partial charge in [-0.3, -0.25) is 14.2 Å². The van der Waals surface area contributed by atoms with Gasteiger partial charge in [-0.15, -0.1) is 11.3 Å². The summed E-state index contributed by atoms with van der Waals surface area (Å²) >= 11 is 1.55. The van der Waals surface area contributed by atoms with Gasteiger partial charge in [0.2, 0.25) is 0 Å². The van der Waals surface area contributed by atoms with Crippen LogP contribution in [0.2, 0.25) is 0 Å². The van der Waals surface area contributed by atoms with Crippen LogP contribution in [0.5, 0.6) is 0 Å². The lowest BCUT2D eigenvalue weighted by Gasteiger charge is -2.35. The number of aromatic nitrogens is 2. The Morgan fingerprint density at radius 1 is 1.27 bits per heavy atom. The molecule has 4 rings (SSSR count). The summed E-state index contributed by atoms with van der Waals surface area (Å²) in [6.07, 6.45) is 1.55. The van der Waals surface area contributed by atoms with E-state index < -0.39 is 5.82 Å². The quantitative estimate of drug-likeness (QED) is 0.602. The van der Waals surface area contributed by atoms with E-state index in [1.807, 2.05) is 27.7 Å². The number of benzene rings is 1. The summed E-state index contributed by atoms with van der Waals surface area (Å²) in [6.45, 7) is 8.97. The Kier molecular flexibility index (Phi) is 5.49. The summed E-state index contributed by atoms with van der Waals surface area (Å²) in [5.74, 6) is -0.0212. The highest BCUT2D eigenvalue weighted by Crippen LogP contribution is 2.31. The summed E-state index contributed by atoms with van der Waals surface area (Å²) in [7, 11) is 0. The lowest BCUT2D eigenvalue weighted by atomic mass is 10.0. The first-order valence-electron chi connectivity index (χ1n) is 10.4. The average Bonchev–Trinajstić information content (AvgIpc) is 3.01. The minimum atomic E-state index is -0.517. The first kappa shape index (κ1) is 20.7. The maximum atomic E-state index is 14.2. The van der Waals surface area contributed by atoms with Crippen molar-refractivity contribution in [2.75, 3.05) is 13.1 Å². The van der Waals surface area contributed by atoms with Crippen LogP contribution in [0, 0.1) is 19.7 Å². The first-order chi connectivity index (χ1) is 14.3. The van der Waals surface area contributed by atoms with E-state index in [2.05, 4.69) is 0 Å². The van der Waals surface area contributed by atoms with Crippen LogP contribution in [0.4, 0.5) is 4.39 Å². The van der Waals surface area contributed by atoms with Gasteiger partial charge >= 0.3 is 0 Å². The molecule has 0 unspecified atom stereocenters. The van der Waals surface area contributed by atoms with Crippen molar-refractivity contribution >= 4 is 27.5 Å². The van der Waals surface area contributed by atoms with E-state index in [4.69, 9.17) is 4.98 Å². The number of likely N-dealkylation sites (tertiary alicyclic amines) is 1. The van der Waals surface area contributed by atoms with Crippen molar-refractivity contribution < 1.29 is 9.18 Å². The van der Waals surface area contributed by atoms with Gasteiger partial charge in [0.05, 0.1) is 17.0 Å². The molecule has 2 aromatic heterocycles. The second-order valence-corrected chi connectivity index (χ2v) is 9.49. The van der Waals surface area contributed by atoms with Gasteiger partial charge < -0.3 is 4.90 Å². The van der Waals surface area contributed by atoms with E-state index in [9.17, 15) is 14.0 Å².